The van der Waals surface area contributed by atoms with Crippen molar-refractivity contribution in [3.05, 3.63) is 64.7 Å². The van der Waals surface area contributed by atoms with Crippen molar-refractivity contribution in [3.8, 4) is 11.5 Å². The summed E-state index contributed by atoms with van der Waals surface area (Å²) in [5.74, 6) is 1.08. The fraction of sp³-hybridized carbons (Fsp3) is 0.150. The number of rotatable bonds is 5. The van der Waals surface area contributed by atoms with Crippen LogP contribution in [0.2, 0.25) is 5.02 Å². The molecule has 0 saturated carbocycles. The maximum atomic E-state index is 12.3. The number of methoxy groups -OCH3 is 1. The fourth-order valence-corrected chi connectivity index (χ4v) is 2.74. The van der Waals surface area contributed by atoms with Gasteiger partial charge >= 0.3 is 0 Å². The van der Waals surface area contributed by atoms with E-state index >= 15 is 0 Å². The van der Waals surface area contributed by atoms with Gasteiger partial charge in [-0.2, -0.15) is 0 Å². The second-order valence-electron chi connectivity index (χ2n) is 5.86. The summed E-state index contributed by atoms with van der Waals surface area (Å²) in [5, 5.41) is 3.41. The number of ether oxygens (including phenoxy) is 2. The molecule has 1 amide bonds. The van der Waals surface area contributed by atoms with E-state index in [4.69, 9.17) is 21.1 Å². The van der Waals surface area contributed by atoms with Crippen LogP contribution < -0.4 is 14.8 Å². The van der Waals surface area contributed by atoms with Gasteiger partial charge in [0.15, 0.2) is 11.5 Å². The van der Waals surface area contributed by atoms with E-state index in [1.54, 1.807) is 19.2 Å². The van der Waals surface area contributed by atoms with E-state index in [1.807, 2.05) is 37.3 Å². The SMILES string of the molecule is C=C(C)COc1ccc(/C=C2\C(=O)Nc3cc(Cl)ccc32)cc1OC. The van der Waals surface area contributed by atoms with Gasteiger partial charge in [-0.25, -0.2) is 0 Å². The first-order valence-corrected chi connectivity index (χ1v) is 8.14. The molecule has 0 spiro atoms. The number of hydrogen-bond donors (Lipinski definition) is 1. The number of carbonyl (C=O) groups excluding carboxylic acids is 1. The molecule has 4 nitrogen and oxygen atoms in total. The van der Waals surface area contributed by atoms with Crippen molar-refractivity contribution in [3.63, 3.8) is 0 Å². The molecule has 25 heavy (non-hydrogen) atoms. The van der Waals surface area contributed by atoms with Crippen molar-refractivity contribution in [1.82, 2.24) is 0 Å². The van der Waals surface area contributed by atoms with Gasteiger partial charge in [0.05, 0.1) is 12.8 Å². The lowest BCUT2D eigenvalue weighted by Gasteiger charge is -2.11. The Balaban J connectivity index is 1.94. The van der Waals surface area contributed by atoms with Crippen LogP contribution in [0.15, 0.2) is 48.6 Å². The molecule has 0 bridgehead atoms. The number of anilines is 1. The summed E-state index contributed by atoms with van der Waals surface area (Å²) >= 11 is 5.98. The minimum Gasteiger partial charge on any atom is -0.493 e. The number of carbonyl (C=O) groups is 1. The third-order valence-corrected chi connectivity index (χ3v) is 3.97. The third-order valence-electron chi connectivity index (χ3n) is 3.74. The monoisotopic (exact) mass is 355 g/mol. The van der Waals surface area contributed by atoms with E-state index < -0.39 is 0 Å². The maximum Gasteiger partial charge on any atom is 0.256 e. The van der Waals surface area contributed by atoms with Gasteiger partial charge < -0.3 is 14.8 Å². The van der Waals surface area contributed by atoms with Gasteiger partial charge in [0.2, 0.25) is 0 Å². The highest BCUT2D eigenvalue weighted by molar-refractivity contribution is 6.36. The van der Waals surface area contributed by atoms with Gasteiger partial charge in [-0.3, -0.25) is 4.79 Å². The van der Waals surface area contributed by atoms with E-state index in [9.17, 15) is 4.79 Å². The fourth-order valence-electron chi connectivity index (χ4n) is 2.57. The zero-order valence-electron chi connectivity index (χ0n) is 14.1. The lowest BCUT2D eigenvalue weighted by Crippen LogP contribution is -2.03. The zero-order chi connectivity index (χ0) is 18.0. The molecule has 2 aromatic carbocycles. The van der Waals surface area contributed by atoms with Crippen LogP contribution in [0, 0.1) is 0 Å². The molecule has 1 aliphatic rings. The molecular weight excluding hydrogens is 338 g/mol. The Bertz CT molecular complexity index is 887. The first kappa shape index (κ1) is 17.1. The normalized spacial score (nSPS) is 14.2. The zero-order valence-corrected chi connectivity index (χ0v) is 14.8. The molecule has 1 aliphatic heterocycles. The van der Waals surface area contributed by atoms with Crippen molar-refractivity contribution in [2.24, 2.45) is 0 Å². The summed E-state index contributed by atoms with van der Waals surface area (Å²) < 4.78 is 11.1. The van der Waals surface area contributed by atoms with Crippen molar-refractivity contribution >= 4 is 34.8 Å². The summed E-state index contributed by atoms with van der Waals surface area (Å²) in [5.41, 5.74) is 3.90. The first-order chi connectivity index (χ1) is 12.0. The second-order valence-corrected chi connectivity index (χ2v) is 6.29. The average Bonchev–Trinajstić information content (AvgIpc) is 2.88. The molecule has 0 unspecified atom stereocenters. The van der Waals surface area contributed by atoms with Crippen LogP contribution in [0.1, 0.15) is 18.1 Å². The average molecular weight is 356 g/mol. The molecule has 1 heterocycles. The molecule has 1 N–H and O–H groups in total. The molecular formula is C20H18ClNO3. The molecule has 0 saturated heterocycles. The van der Waals surface area contributed by atoms with E-state index in [1.165, 1.54) is 0 Å². The largest absolute Gasteiger partial charge is 0.493 e. The molecule has 0 aliphatic carbocycles. The Hall–Kier alpha value is -2.72. The van der Waals surface area contributed by atoms with Gasteiger partial charge in [-0.1, -0.05) is 30.3 Å². The summed E-state index contributed by atoms with van der Waals surface area (Å²) in [6.07, 6.45) is 1.82. The van der Waals surface area contributed by atoms with Gasteiger partial charge in [0, 0.05) is 16.2 Å². The lowest BCUT2D eigenvalue weighted by atomic mass is 10.0. The van der Waals surface area contributed by atoms with Crippen molar-refractivity contribution in [1.29, 1.82) is 0 Å². The number of halogens is 1. The number of fused-ring (bicyclic) bond motifs is 1. The van der Waals surface area contributed by atoms with Gasteiger partial charge in [0.1, 0.15) is 6.61 Å². The van der Waals surface area contributed by atoms with Gasteiger partial charge in [-0.15, -0.1) is 0 Å². The minimum absolute atomic E-state index is 0.154. The van der Waals surface area contributed by atoms with Crippen molar-refractivity contribution in [2.75, 3.05) is 19.0 Å². The molecule has 0 radical (unpaired) electrons. The van der Waals surface area contributed by atoms with Crippen molar-refractivity contribution in [2.45, 2.75) is 6.92 Å². The van der Waals surface area contributed by atoms with Gasteiger partial charge in [0.25, 0.3) is 5.91 Å². The molecule has 0 fully saturated rings. The highest BCUT2D eigenvalue weighted by Crippen LogP contribution is 2.36. The van der Waals surface area contributed by atoms with Gasteiger partial charge in [-0.05, 0) is 48.4 Å². The molecule has 5 heteroatoms. The van der Waals surface area contributed by atoms with E-state index in [0.717, 1.165) is 22.4 Å². The standard InChI is InChI=1S/C20H18ClNO3/c1-12(2)11-25-18-7-4-13(9-19(18)24-3)8-16-15-6-5-14(21)10-17(15)22-20(16)23/h4-10H,1,11H2,2-3H3,(H,22,23)/b16-8-. The second kappa shape index (κ2) is 7.03. The Labute approximate surface area is 151 Å². The van der Waals surface area contributed by atoms with Crippen molar-refractivity contribution < 1.29 is 14.3 Å². The van der Waals surface area contributed by atoms with E-state index in [0.29, 0.717) is 28.7 Å². The summed E-state index contributed by atoms with van der Waals surface area (Å²) in [7, 11) is 1.58. The predicted octanol–water partition coefficient (Wildman–Crippen LogP) is 4.80. The highest BCUT2D eigenvalue weighted by atomic mass is 35.5. The smallest absolute Gasteiger partial charge is 0.256 e. The van der Waals surface area contributed by atoms with Crippen LogP contribution in [0.3, 0.4) is 0 Å². The lowest BCUT2D eigenvalue weighted by molar-refractivity contribution is -0.110. The molecule has 2 aromatic rings. The quantitative estimate of drug-likeness (QED) is 0.619. The number of benzene rings is 2. The number of nitrogens with one attached hydrogen (secondary N) is 1. The Kier molecular flexibility index (Phi) is 4.81. The third kappa shape index (κ3) is 3.69. The summed E-state index contributed by atoms with van der Waals surface area (Å²) in [6.45, 7) is 6.14. The van der Waals surface area contributed by atoms with Crippen LogP contribution >= 0.6 is 11.6 Å². The molecule has 0 aromatic heterocycles. The number of hydrogen-bond acceptors (Lipinski definition) is 3. The summed E-state index contributed by atoms with van der Waals surface area (Å²) in [4.78, 5) is 12.3. The first-order valence-electron chi connectivity index (χ1n) is 7.76. The van der Waals surface area contributed by atoms with Crippen LogP contribution in [-0.2, 0) is 4.79 Å². The molecule has 3 rings (SSSR count). The van der Waals surface area contributed by atoms with Crippen LogP contribution in [0.4, 0.5) is 5.69 Å². The molecule has 128 valence electrons. The van der Waals surface area contributed by atoms with Crippen LogP contribution in [-0.4, -0.2) is 19.6 Å². The predicted molar refractivity (Wildman–Crippen MR) is 101 cm³/mol. The Morgan fingerprint density at radius 3 is 2.76 bits per heavy atom. The van der Waals surface area contributed by atoms with Crippen LogP contribution in [0.25, 0.3) is 11.6 Å². The minimum atomic E-state index is -0.154. The maximum absolute atomic E-state index is 12.3. The Morgan fingerprint density at radius 1 is 1.24 bits per heavy atom. The highest BCUT2D eigenvalue weighted by Gasteiger charge is 2.24. The van der Waals surface area contributed by atoms with E-state index in [-0.39, 0.29) is 5.91 Å². The topological polar surface area (TPSA) is 47.6 Å². The van der Waals surface area contributed by atoms with Crippen LogP contribution in [0.5, 0.6) is 11.5 Å². The molecule has 0 atom stereocenters. The number of amides is 1. The van der Waals surface area contributed by atoms with E-state index in [2.05, 4.69) is 11.9 Å². The Morgan fingerprint density at radius 2 is 2.04 bits per heavy atom. The summed E-state index contributed by atoms with van der Waals surface area (Å²) in [6, 6.07) is 10.9.